The van der Waals surface area contributed by atoms with Gasteiger partial charge in [0, 0.05) is 31.6 Å². The summed E-state index contributed by atoms with van der Waals surface area (Å²) in [4.78, 5) is 40.9. The molecule has 0 bridgehead atoms. The lowest BCUT2D eigenvalue weighted by Crippen LogP contribution is -2.67. The first-order chi connectivity index (χ1) is 20.6. The third kappa shape index (κ3) is 4.96. The Morgan fingerprint density at radius 3 is 2.14 bits per heavy atom. The maximum Gasteiger partial charge on any atom is 0.331 e. The predicted octanol–water partition coefficient (Wildman–Crippen LogP) is 6.64. The number of carbonyl (C=O) groups excluding carboxylic acids is 3. The van der Waals surface area contributed by atoms with Crippen LogP contribution in [-0.2, 0) is 28.7 Å². The van der Waals surface area contributed by atoms with E-state index in [0.29, 0.717) is 30.8 Å². The molecule has 0 aliphatic heterocycles. The van der Waals surface area contributed by atoms with Crippen molar-refractivity contribution < 1.29 is 33.8 Å². The fourth-order valence-electron chi connectivity index (χ4n) is 12.1. The SMILES string of the molecule is C=C(CO)[C@@H]1CC[C@]2(COC(C)=O)CC[C@]3(C)[C@H](CC[C@@H]4[C@@]5(C)CC/C(=N/OC(C)=O)[C@@](C)(COC(C)=O)[C@@H]5CC[C@]43C)[C@@H]12. The molecule has 0 unspecified atom stereocenters. The second-order valence-corrected chi connectivity index (χ2v) is 16.1. The molecule has 5 fully saturated rings. The van der Waals surface area contributed by atoms with Crippen molar-refractivity contribution in [1.29, 1.82) is 0 Å². The number of hydrogen-bond donors (Lipinski definition) is 1. The zero-order valence-electron chi connectivity index (χ0n) is 28.1. The molecule has 0 amide bonds. The van der Waals surface area contributed by atoms with E-state index in [-0.39, 0.29) is 58.6 Å². The Bertz CT molecular complexity index is 1230. The molecule has 5 aliphatic rings. The summed E-state index contributed by atoms with van der Waals surface area (Å²) in [6.07, 6.45) is 10.1. The fourth-order valence-corrected chi connectivity index (χ4v) is 12.1. The van der Waals surface area contributed by atoms with E-state index in [4.69, 9.17) is 14.3 Å². The highest BCUT2D eigenvalue weighted by Gasteiger charge is 2.71. The zero-order valence-corrected chi connectivity index (χ0v) is 28.1. The van der Waals surface area contributed by atoms with E-state index in [1.165, 1.54) is 20.8 Å². The van der Waals surface area contributed by atoms with Gasteiger partial charge >= 0.3 is 17.9 Å². The molecule has 8 heteroatoms. The molecule has 0 aromatic heterocycles. The Hall–Kier alpha value is -2.22. The average molecular weight is 614 g/mol. The van der Waals surface area contributed by atoms with Gasteiger partial charge in [0.2, 0.25) is 0 Å². The van der Waals surface area contributed by atoms with E-state index < -0.39 is 11.4 Å². The monoisotopic (exact) mass is 613 g/mol. The van der Waals surface area contributed by atoms with Gasteiger partial charge in [-0.1, -0.05) is 39.4 Å². The molecule has 0 saturated heterocycles. The van der Waals surface area contributed by atoms with Gasteiger partial charge in [-0.3, -0.25) is 9.59 Å². The van der Waals surface area contributed by atoms with Gasteiger partial charge in [-0.05, 0) is 116 Å². The standard InChI is InChI=1S/C36H55NO7/c1-22(19-38)26-11-16-36(21-43-24(3)40)18-17-34(7)27(31(26)36)9-10-29-32(5)14-13-30(37-44-25(4)41)33(6,20-42-23(2)39)28(32)12-15-35(29,34)8/h26-29,31,38H,1,9-21H2,2-8H3/b37-30-/t26-,27+,28+,29+,31+,32-,33-,34+,35+,36+/m0/s1. The Balaban J connectivity index is 1.52. The number of ether oxygens (including phenoxy) is 2. The third-order valence-electron chi connectivity index (χ3n) is 14.4. The molecular formula is C36H55NO7. The highest BCUT2D eigenvalue weighted by molar-refractivity contribution is 5.91. The molecule has 44 heavy (non-hydrogen) atoms. The summed E-state index contributed by atoms with van der Waals surface area (Å²) >= 11 is 0. The molecule has 5 saturated carbocycles. The Kier molecular flexibility index (Phi) is 8.69. The van der Waals surface area contributed by atoms with Gasteiger partial charge in [0.15, 0.2) is 0 Å². The minimum Gasteiger partial charge on any atom is -0.465 e. The van der Waals surface area contributed by atoms with E-state index in [1.54, 1.807) is 0 Å². The Morgan fingerprint density at radius 1 is 0.818 bits per heavy atom. The maximum absolute atomic E-state index is 12.0. The van der Waals surface area contributed by atoms with Crippen molar-refractivity contribution in [3.63, 3.8) is 0 Å². The van der Waals surface area contributed by atoms with E-state index >= 15 is 0 Å². The number of hydrogen-bond acceptors (Lipinski definition) is 8. The van der Waals surface area contributed by atoms with Crippen molar-refractivity contribution >= 4 is 23.6 Å². The average Bonchev–Trinajstić information content (AvgIpc) is 3.34. The fraction of sp³-hybridized carbons (Fsp3) is 0.833. The molecule has 8 nitrogen and oxygen atoms in total. The summed E-state index contributed by atoms with van der Waals surface area (Å²) < 4.78 is 11.5. The topological polar surface area (TPSA) is 111 Å². The number of esters is 2. The van der Waals surface area contributed by atoms with Crippen LogP contribution in [0.25, 0.3) is 0 Å². The lowest BCUT2D eigenvalue weighted by molar-refractivity contribution is -0.234. The molecule has 10 atom stereocenters. The smallest absolute Gasteiger partial charge is 0.331 e. The van der Waals surface area contributed by atoms with Gasteiger partial charge in [-0.15, -0.1) is 0 Å². The van der Waals surface area contributed by atoms with Crippen LogP contribution in [0, 0.1) is 56.7 Å². The van der Waals surface area contributed by atoms with Crippen molar-refractivity contribution in [3.05, 3.63) is 12.2 Å². The van der Waals surface area contributed by atoms with Crippen LogP contribution < -0.4 is 0 Å². The normalized spacial score (nSPS) is 45.3. The number of aliphatic hydroxyl groups excluding tert-OH is 1. The third-order valence-corrected chi connectivity index (χ3v) is 14.4. The summed E-state index contributed by atoms with van der Waals surface area (Å²) in [6.45, 7) is 19.1. The number of oxime groups is 1. The second-order valence-electron chi connectivity index (χ2n) is 16.1. The van der Waals surface area contributed by atoms with Crippen LogP contribution in [-0.4, -0.2) is 48.5 Å². The Morgan fingerprint density at radius 2 is 1.50 bits per heavy atom. The molecule has 0 aromatic rings. The summed E-state index contributed by atoms with van der Waals surface area (Å²) in [5, 5.41) is 14.6. The number of fused-ring (bicyclic) bond motifs is 7. The highest BCUT2D eigenvalue weighted by atomic mass is 16.7. The Labute approximate surface area is 263 Å². The van der Waals surface area contributed by atoms with Gasteiger partial charge in [0.05, 0.1) is 18.9 Å². The van der Waals surface area contributed by atoms with E-state index in [2.05, 4.69) is 39.4 Å². The summed E-state index contributed by atoms with van der Waals surface area (Å²) in [5.41, 5.74) is 1.36. The number of rotatable bonds is 7. The molecule has 0 spiro atoms. The number of carbonyl (C=O) groups is 3. The number of aliphatic hydroxyl groups is 1. The lowest BCUT2D eigenvalue weighted by Gasteiger charge is -2.72. The van der Waals surface area contributed by atoms with Crippen LogP contribution in [0.4, 0.5) is 0 Å². The molecule has 0 radical (unpaired) electrons. The zero-order chi connectivity index (χ0) is 32.3. The molecule has 5 aliphatic carbocycles. The summed E-state index contributed by atoms with van der Waals surface area (Å²) in [7, 11) is 0. The van der Waals surface area contributed by atoms with Crippen molar-refractivity contribution in [2.75, 3.05) is 19.8 Å². The van der Waals surface area contributed by atoms with Gasteiger partial charge in [0.25, 0.3) is 0 Å². The maximum atomic E-state index is 12.0. The van der Waals surface area contributed by atoms with Crippen LogP contribution in [0.3, 0.4) is 0 Å². The van der Waals surface area contributed by atoms with Gasteiger partial charge in [0.1, 0.15) is 6.61 Å². The van der Waals surface area contributed by atoms with Gasteiger partial charge in [-0.25, -0.2) is 4.79 Å². The quantitative estimate of drug-likeness (QED) is 0.148. The van der Waals surface area contributed by atoms with Gasteiger partial charge < -0.3 is 19.4 Å². The van der Waals surface area contributed by atoms with E-state index in [0.717, 1.165) is 69.1 Å². The van der Waals surface area contributed by atoms with Crippen LogP contribution in [0.1, 0.15) is 113 Å². The van der Waals surface area contributed by atoms with Crippen LogP contribution in [0.2, 0.25) is 0 Å². The number of nitrogens with zero attached hydrogens (tertiary/aromatic N) is 1. The van der Waals surface area contributed by atoms with E-state index in [9.17, 15) is 19.5 Å². The molecule has 5 rings (SSSR count). The van der Waals surface area contributed by atoms with Crippen LogP contribution >= 0.6 is 0 Å². The molecule has 1 N–H and O–H groups in total. The largest absolute Gasteiger partial charge is 0.465 e. The minimum atomic E-state index is -0.519. The van der Waals surface area contributed by atoms with Crippen molar-refractivity contribution in [2.24, 2.45) is 61.8 Å². The first-order valence-electron chi connectivity index (χ1n) is 16.9. The van der Waals surface area contributed by atoms with Crippen molar-refractivity contribution in [1.82, 2.24) is 0 Å². The molecule has 0 heterocycles. The first kappa shape index (κ1) is 33.2. The predicted molar refractivity (Wildman–Crippen MR) is 167 cm³/mol. The first-order valence-corrected chi connectivity index (χ1v) is 16.9. The van der Waals surface area contributed by atoms with Crippen molar-refractivity contribution in [2.45, 2.75) is 113 Å². The van der Waals surface area contributed by atoms with Gasteiger partial charge in [-0.2, -0.15) is 0 Å². The summed E-state index contributed by atoms with van der Waals surface area (Å²) in [5.74, 6) is 0.776. The molecule has 246 valence electrons. The molecule has 0 aromatic carbocycles. The second kappa shape index (κ2) is 11.5. The lowest BCUT2D eigenvalue weighted by atomic mass is 9.32. The van der Waals surface area contributed by atoms with E-state index in [1.807, 2.05) is 0 Å². The van der Waals surface area contributed by atoms with Crippen molar-refractivity contribution in [3.8, 4) is 0 Å². The van der Waals surface area contributed by atoms with Crippen LogP contribution in [0.15, 0.2) is 17.3 Å². The summed E-state index contributed by atoms with van der Waals surface area (Å²) in [6, 6.07) is 0. The van der Waals surface area contributed by atoms with Crippen LogP contribution in [0.5, 0.6) is 0 Å². The highest BCUT2D eigenvalue weighted by Crippen LogP contribution is 2.77. The minimum absolute atomic E-state index is 0.00116. The molecular weight excluding hydrogens is 558 g/mol.